The molecule has 0 radical (unpaired) electrons. The number of benzene rings is 1. The van der Waals surface area contributed by atoms with Crippen LogP contribution < -0.4 is 14.8 Å². The minimum Gasteiger partial charge on any atom is -0.497 e. The zero-order chi connectivity index (χ0) is 18.1. The molecule has 0 spiro atoms. The Morgan fingerprint density at radius 1 is 1.21 bits per heavy atom. The predicted molar refractivity (Wildman–Crippen MR) is 95.7 cm³/mol. The van der Waals surface area contributed by atoms with E-state index in [-0.39, 0.29) is 5.91 Å². The first-order chi connectivity index (χ1) is 11.4. The second kappa shape index (κ2) is 9.64. The Bertz CT molecular complexity index is 573. The SMILES string of the molecule is CN=C(NCCC(=O)N(C)C)N(C)Cc1ccc(OC)cc1OC. The number of amides is 1. The van der Waals surface area contributed by atoms with Gasteiger partial charge in [-0.1, -0.05) is 0 Å². The fourth-order valence-corrected chi connectivity index (χ4v) is 2.20. The molecule has 0 aliphatic heterocycles. The van der Waals surface area contributed by atoms with Crippen molar-refractivity contribution in [2.45, 2.75) is 13.0 Å². The highest BCUT2D eigenvalue weighted by atomic mass is 16.5. The number of ether oxygens (including phenoxy) is 2. The molecule has 0 aromatic heterocycles. The molecule has 0 saturated carbocycles. The second-order valence-electron chi connectivity index (χ2n) is 5.55. The Morgan fingerprint density at radius 3 is 2.46 bits per heavy atom. The Kier molecular flexibility index (Phi) is 7.88. The summed E-state index contributed by atoms with van der Waals surface area (Å²) < 4.78 is 10.6. The molecule has 0 heterocycles. The third-order valence-corrected chi connectivity index (χ3v) is 3.60. The number of methoxy groups -OCH3 is 2. The fraction of sp³-hybridized carbons (Fsp3) is 0.529. The van der Waals surface area contributed by atoms with Gasteiger partial charge in [-0.2, -0.15) is 0 Å². The zero-order valence-corrected chi connectivity index (χ0v) is 15.4. The molecule has 0 aliphatic rings. The lowest BCUT2D eigenvalue weighted by Gasteiger charge is -2.23. The van der Waals surface area contributed by atoms with Crippen LogP contribution in [0.4, 0.5) is 0 Å². The third kappa shape index (κ3) is 5.64. The van der Waals surface area contributed by atoms with Crippen molar-refractivity contribution in [3.05, 3.63) is 23.8 Å². The Labute approximate surface area is 144 Å². The van der Waals surface area contributed by atoms with E-state index >= 15 is 0 Å². The molecule has 0 unspecified atom stereocenters. The van der Waals surface area contributed by atoms with Gasteiger partial charge in [0.1, 0.15) is 11.5 Å². The van der Waals surface area contributed by atoms with Crippen LogP contribution >= 0.6 is 0 Å². The molecule has 24 heavy (non-hydrogen) atoms. The van der Waals surface area contributed by atoms with E-state index in [1.807, 2.05) is 30.1 Å². The van der Waals surface area contributed by atoms with E-state index < -0.39 is 0 Å². The van der Waals surface area contributed by atoms with Gasteiger partial charge in [0.05, 0.1) is 14.2 Å². The van der Waals surface area contributed by atoms with E-state index in [0.717, 1.165) is 23.0 Å². The van der Waals surface area contributed by atoms with Gasteiger partial charge in [0.15, 0.2) is 5.96 Å². The molecule has 0 saturated heterocycles. The number of nitrogens with zero attached hydrogens (tertiary/aromatic N) is 3. The van der Waals surface area contributed by atoms with E-state index in [1.54, 1.807) is 40.3 Å². The normalized spacial score (nSPS) is 11.0. The Hall–Kier alpha value is -2.44. The molecule has 0 aliphatic carbocycles. The van der Waals surface area contributed by atoms with Crippen LogP contribution in [0.2, 0.25) is 0 Å². The van der Waals surface area contributed by atoms with Gasteiger partial charge < -0.3 is 24.6 Å². The van der Waals surface area contributed by atoms with Gasteiger partial charge >= 0.3 is 0 Å². The number of hydrogen-bond acceptors (Lipinski definition) is 4. The maximum atomic E-state index is 11.6. The molecule has 7 nitrogen and oxygen atoms in total. The van der Waals surface area contributed by atoms with Crippen LogP contribution in [-0.4, -0.2) is 70.6 Å². The molecule has 0 atom stereocenters. The number of guanidine groups is 1. The van der Waals surface area contributed by atoms with Gasteiger partial charge in [0, 0.05) is 59.3 Å². The quantitative estimate of drug-likeness (QED) is 0.598. The Morgan fingerprint density at radius 2 is 1.92 bits per heavy atom. The summed E-state index contributed by atoms with van der Waals surface area (Å²) in [5.74, 6) is 2.32. The molecule has 1 rings (SSSR count). The summed E-state index contributed by atoms with van der Waals surface area (Å²) in [4.78, 5) is 19.4. The van der Waals surface area contributed by atoms with Gasteiger partial charge in [0.2, 0.25) is 5.91 Å². The van der Waals surface area contributed by atoms with E-state index in [9.17, 15) is 4.79 Å². The van der Waals surface area contributed by atoms with Crippen LogP contribution in [0.15, 0.2) is 23.2 Å². The van der Waals surface area contributed by atoms with Crippen molar-refractivity contribution in [1.29, 1.82) is 0 Å². The minimum atomic E-state index is 0.0810. The topological polar surface area (TPSA) is 66.4 Å². The molecule has 0 bridgehead atoms. The lowest BCUT2D eigenvalue weighted by molar-refractivity contribution is -0.128. The summed E-state index contributed by atoms with van der Waals surface area (Å²) in [7, 11) is 10.4. The van der Waals surface area contributed by atoms with Crippen LogP contribution in [0.3, 0.4) is 0 Å². The number of rotatable bonds is 7. The summed E-state index contributed by atoms with van der Waals surface area (Å²) in [5.41, 5.74) is 1.02. The summed E-state index contributed by atoms with van der Waals surface area (Å²) in [6, 6.07) is 5.73. The number of carbonyl (C=O) groups is 1. The number of nitrogens with one attached hydrogen (secondary N) is 1. The molecule has 0 fully saturated rings. The summed E-state index contributed by atoms with van der Waals surface area (Å²) in [6.07, 6.45) is 0.422. The fourth-order valence-electron chi connectivity index (χ4n) is 2.20. The average molecular weight is 336 g/mol. The first kappa shape index (κ1) is 19.6. The van der Waals surface area contributed by atoms with Gasteiger partial charge in [-0.3, -0.25) is 9.79 Å². The minimum absolute atomic E-state index is 0.0810. The molecule has 1 aromatic rings. The largest absolute Gasteiger partial charge is 0.497 e. The molecular formula is C17H28N4O3. The molecule has 7 heteroatoms. The maximum Gasteiger partial charge on any atom is 0.223 e. The van der Waals surface area contributed by atoms with Crippen molar-refractivity contribution in [3.63, 3.8) is 0 Å². The zero-order valence-electron chi connectivity index (χ0n) is 15.4. The smallest absolute Gasteiger partial charge is 0.223 e. The highest BCUT2D eigenvalue weighted by Gasteiger charge is 2.12. The first-order valence-electron chi connectivity index (χ1n) is 7.75. The van der Waals surface area contributed by atoms with Crippen molar-refractivity contribution in [2.24, 2.45) is 4.99 Å². The highest BCUT2D eigenvalue weighted by molar-refractivity contribution is 5.81. The average Bonchev–Trinajstić information content (AvgIpc) is 2.58. The third-order valence-electron chi connectivity index (χ3n) is 3.60. The summed E-state index contributed by atoms with van der Waals surface area (Å²) in [6.45, 7) is 1.16. The molecule has 1 aromatic carbocycles. The van der Waals surface area contributed by atoms with Crippen molar-refractivity contribution in [1.82, 2.24) is 15.1 Å². The van der Waals surface area contributed by atoms with Crippen molar-refractivity contribution in [2.75, 3.05) is 49.0 Å². The highest BCUT2D eigenvalue weighted by Crippen LogP contribution is 2.25. The summed E-state index contributed by atoms with van der Waals surface area (Å²) in [5, 5.41) is 3.20. The maximum absolute atomic E-state index is 11.6. The van der Waals surface area contributed by atoms with Crippen LogP contribution in [0.5, 0.6) is 11.5 Å². The number of hydrogen-bond donors (Lipinski definition) is 1. The van der Waals surface area contributed by atoms with Gasteiger partial charge in [-0.05, 0) is 12.1 Å². The van der Waals surface area contributed by atoms with E-state index in [2.05, 4.69) is 10.3 Å². The molecular weight excluding hydrogens is 308 g/mol. The van der Waals surface area contributed by atoms with Crippen LogP contribution in [0.1, 0.15) is 12.0 Å². The van der Waals surface area contributed by atoms with Crippen molar-refractivity contribution in [3.8, 4) is 11.5 Å². The first-order valence-corrected chi connectivity index (χ1v) is 7.75. The lowest BCUT2D eigenvalue weighted by atomic mass is 10.2. The van der Waals surface area contributed by atoms with Crippen molar-refractivity contribution < 1.29 is 14.3 Å². The van der Waals surface area contributed by atoms with Gasteiger partial charge in [0.25, 0.3) is 0 Å². The monoisotopic (exact) mass is 336 g/mol. The standard InChI is InChI=1S/C17H28N4O3/c1-18-17(19-10-9-16(22)20(2)3)21(4)12-13-7-8-14(23-5)11-15(13)24-6/h7-8,11H,9-10,12H2,1-6H3,(H,18,19). The molecule has 1 amide bonds. The van der Waals surface area contributed by atoms with Crippen LogP contribution in [0.25, 0.3) is 0 Å². The second-order valence-corrected chi connectivity index (χ2v) is 5.55. The molecule has 1 N–H and O–H groups in total. The van der Waals surface area contributed by atoms with E-state index in [4.69, 9.17) is 9.47 Å². The number of aliphatic imine (C=N–C) groups is 1. The van der Waals surface area contributed by atoms with Crippen molar-refractivity contribution >= 4 is 11.9 Å². The van der Waals surface area contributed by atoms with Gasteiger partial charge in [-0.25, -0.2) is 0 Å². The van der Waals surface area contributed by atoms with E-state index in [0.29, 0.717) is 19.5 Å². The van der Waals surface area contributed by atoms with Gasteiger partial charge in [-0.15, -0.1) is 0 Å². The predicted octanol–water partition coefficient (Wildman–Crippen LogP) is 1.19. The van der Waals surface area contributed by atoms with Crippen LogP contribution in [0, 0.1) is 0 Å². The molecule has 134 valence electrons. The Balaban J connectivity index is 2.67. The number of carbonyl (C=O) groups excluding carboxylic acids is 1. The van der Waals surface area contributed by atoms with Crippen LogP contribution in [-0.2, 0) is 11.3 Å². The lowest BCUT2D eigenvalue weighted by Crippen LogP contribution is -2.40. The van der Waals surface area contributed by atoms with E-state index in [1.165, 1.54) is 0 Å². The summed E-state index contributed by atoms with van der Waals surface area (Å²) >= 11 is 0.